The number of aliphatic hydroxyl groups is 2. The van der Waals surface area contributed by atoms with Crippen LogP contribution in [0.5, 0.6) is 11.5 Å². The average Bonchev–Trinajstić information content (AvgIpc) is 3.35. The number of hydrogen-bond acceptors (Lipinski definition) is 10. The van der Waals surface area contributed by atoms with Crippen LogP contribution in [-0.4, -0.2) is 56.5 Å². The van der Waals surface area contributed by atoms with E-state index in [-0.39, 0.29) is 19.2 Å². The van der Waals surface area contributed by atoms with Crippen molar-refractivity contribution in [1.29, 1.82) is 0 Å². The lowest BCUT2D eigenvalue weighted by molar-refractivity contribution is 0.0666. The monoisotopic (exact) mass is 486 g/mol. The van der Waals surface area contributed by atoms with E-state index in [9.17, 15) is 5.11 Å². The van der Waals surface area contributed by atoms with Gasteiger partial charge in [0.25, 0.3) is 6.02 Å². The van der Waals surface area contributed by atoms with Crippen LogP contribution in [0.15, 0.2) is 66.0 Å². The van der Waals surface area contributed by atoms with Crippen LogP contribution in [0.4, 0.5) is 17.2 Å². The normalized spacial score (nSPS) is 15.8. The molecule has 1 unspecified atom stereocenters. The highest BCUT2D eigenvalue weighted by Gasteiger charge is 2.25. The van der Waals surface area contributed by atoms with E-state index in [0.717, 1.165) is 39.3 Å². The Morgan fingerprint density at radius 2 is 1.86 bits per heavy atom. The number of pyridine rings is 1. The molecule has 36 heavy (non-hydrogen) atoms. The average molecular weight is 487 g/mol. The molecule has 5 rings (SSSR count). The van der Waals surface area contributed by atoms with Crippen LogP contribution in [0.1, 0.15) is 11.3 Å². The van der Waals surface area contributed by atoms with E-state index >= 15 is 0 Å². The minimum Gasteiger partial charge on any atom is -0.463 e. The molecule has 0 fully saturated rings. The summed E-state index contributed by atoms with van der Waals surface area (Å²) in [6.45, 7) is 3.74. The summed E-state index contributed by atoms with van der Waals surface area (Å²) >= 11 is 0. The van der Waals surface area contributed by atoms with Crippen molar-refractivity contribution in [2.24, 2.45) is 4.99 Å². The minimum absolute atomic E-state index is 0.201. The summed E-state index contributed by atoms with van der Waals surface area (Å²) in [5, 5.41) is 26.2. The molecule has 0 radical (unpaired) electrons. The Kier molecular flexibility index (Phi) is 6.61. The number of aromatic nitrogens is 3. The molecule has 4 aromatic rings. The highest BCUT2D eigenvalue weighted by molar-refractivity contribution is 5.97. The third-order valence-corrected chi connectivity index (χ3v) is 5.74. The maximum atomic E-state index is 9.78. The van der Waals surface area contributed by atoms with Crippen LogP contribution < -0.4 is 15.4 Å². The van der Waals surface area contributed by atoms with Gasteiger partial charge < -0.3 is 30.3 Å². The van der Waals surface area contributed by atoms with Crippen molar-refractivity contribution in [1.82, 2.24) is 15.0 Å². The van der Waals surface area contributed by atoms with Gasteiger partial charge >= 0.3 is 0 Å². The number of nitrogens with zero attached hydrogens (tertiary/aromatic N) is 4. The van der Waals surface area contributed by atoms with Crippen molar-refractivity contribution in [2.75, 3.05) is 23.8 Å². The molecule has 1 aliphatic heterocycles. The highest BCUT2D eigenvalue weighted by Crippen LogP contribution is 2.30. The summed E-state index contributed by atoms with van der Waals surface area (Å²) in [5.41, 5.74) is 4.23. The fourth-order valence-electron chi connectivity index (χ4n) is 3.75. The minimum atomic E-state index is -0.959. The van der Waals surface area contributed by atoms with Crippen molar-refractivity contribution in [3.05, 3.63) is 72.3 Å². The number of amidine groups is 1. The lowest BCUT2D eigenvalue weighted by Crippen LogP contribution is -2.28. The van der Waals surface area contributed by atoms with Crippen LogP contribution in [0.3, 0.4) is 0 Å². The molecular formula is C26H26N6O4. The number of nitrogens with one attached hydrogen (secondary N) is 2. The van der Waals surface area contributed by atoms with Crippen LogP contribution in [-0.2, 0) is 4.74 Å². The number of benzene rings is 2. The SMILES string of the molecule is Cc1ccc(Oc2ccc(Nc3ncnc4ccc(NC5=N[C@@H](C(O)CO)CO5)cc34)cc2C)cn1. The molecule has 3 heterocycles. The Bertz CT molecular complexity index is 1410. The van der Waals surface area contributed by atoms with Crippen LogP contribution in [0, 0.1) is 13.8 Å². The predicted octanol–water partition coefficient (Wildman–Crippen LogP) is 3.70. The van der Waals surface area contributed by atoms with Crippen LogP contribution >= 0.6 is 0 Å². The van der Waals surface area contributed by atoms with E-state index in [2.05, 4.69) is 30.6 Å². The molecule has 0 bridgehead atoms. The Balaban J connectivity index is 1.34. The Morgan fingerprint density at radius 1 is 1.03 bits per heavy atom. The third kappa shape index (κ3) is 5.19. The van der Waals surface area contributed by atoms with Gasteiger partial charge in [0.1, 0.15) is 42.4 Å². The van der Waals surface area contributed by atoms with Gasteiger partial charge in [-0.2, -0.15) is 0 Å². The molecule has 0 aliphatic carbocycles. The predicted molar refractivity (Wildman–Crippen MR) is 137 cm³/mol. The molecule has 0 saturated heterocycles. The largest absolute Gasteiger partial charge is 0.463 e. The molecule has 184 valence electrons. The molecule has 0 spiro atoms. The first kappa shape index (κ1) is 23.5. The third-order valence-electron chi connectivity index (χ3n) is 5.74. The van der Waals surface area contributed by atoms with E-state index in [0.29, 0.717) is 11.6 Å². The number of hydrogen-bond donors (Lipinski definition) is 4. The number of aliphatic imine (C=N–C) groups is 1. The topological polar surface area (TPSA) is 134 Å². The Hall–Kier alpha value is -4.28. The molecule has 4 N–H and O–H groups in total. The number of aryl methyl sites for hydroxylation is 2. The van der Waals surface area contributed by atoms with E-state index in [4.69, 9.17) is 14.6 Å². The zero-order valence-corrected chi connectivity index (χ0v) is 19.8. The van der Waals surface area contributed by atoms with E-state index in [1.54, 1.807) is 6.20 Å². The van der Waals surface area contributed by atoms with Gasteiger partial charge in [-0.1, -0.05) is 0 Å². The first-order chi connectivity index (χ1) is 17.5. The summed E-state index contributed by atoms with van der Waals surface area (Å²) in [7, 11) is 0. The molecule has 1 aliphatic rings. The molecule has 0 amide bonds. The van der Waals surface area contributed by atoms with Crippen molar-refractivity contribution in [3.8, 4) is 11.5 Å². The summed E-state index contributed by atoms with van der Waals surface area (Å²) in [6, 6.07) is 15.0. The van der Waals surface area contributed by atoms with Crippen molar-refractivity contribution in [2.45, 2.75) is 26.0 Å². The Morgan fingerprint density at radius 3 is 2.64 bits per heavy atom. The number of rotatable bonds is 7. The first-order valence-electron chi connectivity index (χ1n) is 11.5. The van der Waals surface area contributed by atoms with Gasteiger partial charge in [0.05, 0.1) is 18.3 Å². The second-order valence-corrected chi connectivity index (χ2v) is 8.48. The zero-order chi connectivity index (χ0) is 25.1. The van der Waals surface area contributed by atoms with E-state index in [1.165, 1.54) is 6.33 Å². The van der Waals surface area contributed by atoms with Gasteiger partial charge in [-0.3, -0.25) is 4.98 Å². The maximum absolute atomic E-state index is 9.78. The van der Waals surface area contributed by atoms with E-state index < -0.39 is 12.1 Å². The first-order valence-corrected chi connectivity index (χ1v) is 11.5. The number of aliphatic hydroxyl groups excluding tert-OH is 2. The molecule has 2 atom stereocenters. The number of anilines is 3. The summed E-state index contributed by atoms with van der Waals surface area (Å²) in [4.78, 5) is 17.4. The molecule has 10 nitrogen and oxygen atoms in total. The van der Waals surface area contributed by atoms with Gasteiger partial charge in [-0.15, -0.1) is 0 Å². The summed E-state index contributed by atoms with van der Waals surface area (Å²) < 4.78 is 11.5. The number of ether oxygens (including phenoxy) is 2. The molecular weight excluding hydrogens is 460 g/mol. The molecule has 2 aromatic heterocycles. The van der Waals surface area contributed by atoms with Gasteiger partial charge in [0, 0.05) is 22.5 Å². The van der Waals surface area contributed by atoms with Gasteiger partial charge in [0.2, 0.25) is 0 Å². The van der Waals surface area contributed by atoms with Crippen molar-refractivity contribution < 1.29 is 19.7 Å². The van der Waals surface area contributed by atoms with Gasteiger partial charge in [-0.05, 0) is 67.9 Å². The van der Waals surface area contributed by atoms with Crippen molar-refractivity contribution in [3.63, 3.8) is 0 Å². The smallest absolute Gasteiger partial charge is 0.289 e. The fraction of sp³-hybridized carbons (Fsp3) is 0.231. The molecule has 0 saturated carbocycles. The lowest BCUT2D eigenvalue weighted by Gasteiger charge is -2.13. The van der Waals surface area contributed by atoms with Gasteiger partial charge in [-0.25, -0.2) is 15.0 Å². The van der Waals surface area contributed by atoms with Crippen LogP contribution in [0.2, 0.25) is 0 Å². The number of fused-ring (bicyclic) bond motifs is 1. The Labute approximate surface area is 207 Å². The maximum Gasteiger partial charge on any atom is 0.289 e. The van der Waals surface area contributed by atoms with E-state index in [1.807, 2.05) is 62.4 Å². The van der Waals surface area contributed by atoms with Crippen LogP contribution in [0.25, 0.3) is 10.9 Å². The highest BCUT2D eigenvalue weighted by atomic mass is 16.5. The standard InChI is InChI=1S/C26H26N6O4/c1-15-9-17(5-8-24(15)36-19-6-3-16(2)27-11-19)30-25-20-10-18(4-7-21(20)28-14-29-25)31-26-32-22(13-35-26)23(34)12-33/h3-11,14,22-23,33-34H,12-13H2,1-2H3,(H,31,32)(H,28,29,30)/t22-,23?/m1/s1. The van der Waals surface area contributed by atoms with Gasteiger partial charge in [0.15, 0.2) is 0 Å². The quantitative estimate of drug-likeness (QED) is 0.308. The molecule has 2 aromatic carbocycles. The molecule has 10 heteroatoms. The summed E-state index contributed by atoms with van der Waals surface area (Å²) in [6.07, 6.45) is 2.26. The fourth-order valence-corrected chi connectivity index (χ4v) is 3.75. The second-order valence-electron chi connectivity index (χ2n) is 8.48. The lowest BCUT2D eigenvalue weighted by atomic mass is 10.1. The van der Waals surface area contributed by atoms with Crippen molar-refractivity contribution >= 4 is 34.1 Å². The second kappa shape index (κ2) is 10.1. The zero-order valence-electron chi connectivity index (χ0n) is 19.8. The summed E-state index contributed by atoms with van der Waals surface area (Å²) in [5.74, 6) is 2.06.